The Labute approximate surface area is 110 Å². The molecule has 0 aliphatic heterocycles. The van der Waals surface area contributed by atoms with Gasteiger partial charge in [0.2, 0.25) is 0 Å². The number of methoxy groups -OCH3 is 1. The van der Waals surface area contributed by atoms with Gasteiger partial charge >= 0.3 is 6.09 Å². The molecule has 16 heavy (non-hydrogen) atoms. The normalized spacial score (nSPS) is 29.6. The van der Waals surface area contributed by atoms with E-state index in [-0.39, 0.29) is 12.1 Å². The van der Waals surface area contributed by atoms with Crippen LogP contribution in [-0.2, 0) is 4.74 Å². The smallest absolute Gasteiger partial charge is 0.407 e. The second kappa shape index (κ2) is 5.38. The Morgan fingerprint density at radius 2 is 1.94 bits per heavy atom. The molecule has 2 aliphatic rings. The van der Waals surface area contributed by atoms with Crippen molar-refractivity contribution < 1.29 is 9.53 Å². The molecular weight excluding hydrogens is 317 g/mol. The summed E-state index contributed by atoms with van der Waals surface area (Å²) in [5.41, 5.74) is 3.26. The zero-order valence-corrected chi connectivity index (χ0v) is 11.7. The molecule has 0 radical (unpaired) electrons. The lowest BCUT2D eigenvalue weighted by molar-refractivity contribution is 0.166. The van der Waals surface area contributed by atoms with Gasteiger partial charge < -0.3 is 10.1 Å². The highest BCUT2D eigenvalue weighted by Gasteiger charge is 2.30. The predicted octanol–water partition coefficient (Wildman–Crippen LogP) is 3.18. The van der Waals surface area contributed by atoms with Crippen molar-refractivity contribution in [3.05, 3.63) is 11.1 Å². The third-order valence-corrected chi connectivity index (χ3v) is 4.85. The molecule has 4 heteroatoms. The van der Waals surface area contributed by atoms with Crippen LogP contribution in [0.5, 0.6) is 0 Å². The van der Waals surface area contributed by atoms with Gasteiger partial charge in [-0.25, -0.2) is 4.79 Å². The Kier molecular flexibility index (Phi) is 4.10. The van der Waals surface area contributed by atoms with Crippen molar-refractivity contribution in [3.63, 3.8) is 0 Å². The molecule has 2 atom stereocenters. The monoisotopic (exact) mass is 335 g/mol. The lowest BCUT2D eigenvalue weighted by Crippen LogP contribution is -2.43. The van der Waals surface area contributed by atoms with E-state index in [2.05, 4.69) is 32.6 Å². The van der Waals surface area contributed by atoms with E-state index in [4.69, 9.17) is 0 Å². The Hall–Kier alpha value is -0.260. The minimum absolute atomic E-state index is 0.255. The van der Waals surface area contributed by atoms with Crippen LogP contribution in [0.15, 0.2) is 11.1 Å². The van der Waals surface area contributed by atoms with Gasteiger partial charge in [0, 0.05) is 9.97 Å². The number of ether oxygens (including phenoxy) is 1. The van der Waals surface area contributed by atoms with E-state index in [1.165, 1.54) is 32.8 Å². The van der Waals surface area contributed by atoms with Crippen LogP contribution in [0.4, 0.5) is 4.79 Å². The summed E-state index contributed by atoms with van der Waals surface area (Å²) in [6, 6.07) is 0.255. The molecule has 0 aromatic rings. The maximum Gasteiger partial charge on any atom is 0.407 e. The number of amides is 1. The lowest BCUT2D eigenvalue weighted by atomic mass is 9.80. The molecule has 0 saturated carbocycles. The van der Waals surface area contributed by atoms with E-state index in [0.717, 1.165) is 12.8 Å². The van der Waals surface area contributed by atoms with Crippen LogP contribution in [0.3, 0.4) is 0 Å². The molecule has 0 saturated heterocycles. The molecule has 1 amide bonds. The summed E-state index contributed by atoms with van der Waals surface area (Å²) >= 11 is 2.45. The highest BCUT2D eigenvalue weighted by atomic mass is 127. The summed E-state index contributed by atoms with van der Waals surface area (Å²) < 4.78 is 5.18. The minimum atomic E-state index is -0.300. The van der Waals surface area contributed by atoms with Crippen LogP contribution in [0.25, 0.3) is 0 Å². The van der Waals surface area contributed by atoms with Crippen LogP contribution >= 0.6 is 22.6 Å². The number of nitrogens with one attached hydrogen (secondary N) is 1. The topological polar surface area (TPSA) is 38.3 Å². The fourth-order valence-electron chi connectivity index (χ4n) is 2.65. The van der Waals surface area contributed by atoms with Gasteiger partial charge in [0.15, 0.2) is 0 Å². The van der Waals surface area contributed by atoms with E-state index in [0.29, 0.717) is 3.92 Å². The first kappa shape index (κ1) is 12.2. The summed E-state index contributed by atoms with van der Waals surface area (Å²) in [6.07, 6.45) is 7.04. The Balaban J connectivity index is 2.02. The van der Waals surface area contributed by atoms with Gasteiger partial charge in [-0.2, -0.15) is 0 Å². The molecule has 0 bridgehead atoms. The molecule has 0 heterocycles. The summed E-state index contributed by atoms with van der Waals surface area (Å²) in [4.78, 5) is 11.2. The number of rotatable bonds is 1. The highest BCUT2D eigenvalue weighted by molar-refractivity contribution is 14.1. The number of carbonyl (C=O) groups excluding carboxylic acids is 1. The van der Waals surface area contributed by atoms with Crippen molar-refractivity contribution in [2.24, 2.45) is 0 Å². The average molecular weight is 335 g/mol. The van der Waals surface area contributed by atoms with Crippen molar-refractivity contribution in [1.82, 2.24) is 5.32 Å². The first-order valence-electron chi connectivity index (χ1n) is 5.89. The minimum Gasteiger partial charge on any atom is -0.453 e. The first-order valence-corrected chi connectivity index (χ1v) is 7.13. The quantitative estimate of drug-likeness (QED) is 0.454. The summed E-state index contributed by atoms with van der Waals surface area (Å²) in [7, 11) is 1.42. The highest BCUT2D eigenvalue weighted by Crippen LogP contribution is 2.38. The Morgan fingerprint density at radius 1 is 1.31 bits per heavy atom. The lowest BCUT2D eigenvalue weighted by Gasteiger charge is -2.34. The number of hydrogen-bond donors (Lipinski definition) is 1. The van der Waals surface area contributed by atoms with Crippen LogP contribution < -0.4 is 5.32 Å². The molecule has 0 unspecified atom stereocenters. The molecular formula is C12H18INO2. The zero-order valence-electron chi connectivity index (χ0n) is 9.59. The molecule has 0 spiro atoms. The molecule has 2 aliphatic carbocycles. The van der Waals surface area contributed by atoms with Gasteiger partial charge in [0.1, 0.15) is 0 Å². The number of allylic oxidation sites excluding steroid dienone is 1. The SMILES string of the molecule is COC(=O)N[C@@H]1CC2=C(CCCC2)C[C@@H]1I. The van der Waals surface area contributed by atoms with Crippen molar-refractivity contribution in [1.29, 1.82) is 0 Å². The molecule has 2 rings (SSSR count). The van der Waals surface area contributed by atoms with Gasteiger partial charge in [-0.05, 0) is 38.5 Å². The van der Waals surface area contributed by atoms with E-state index in [1.807, 2.05) is 0 Å². The van der Waals surface area contributed by atoms with E-state index in [9.17, 15) is 4.79 Å². The third kappa shape index (κ3) is 2.70. The predicted molar refractivity (Wildman–Crippen MR) is 71.9 cm³/mol. The average Bonchev–Trinajstić information content (AvgIpc) is 2.30. The third-order valence-electron chi connectivity index (χ3n) is 3.54. The number of alkyl carbamates (subject to hydrolysis) is 1. The molecule has 0 aromatic heterocycles. The number of carbonyl (C=O) groups is 1. The number of alkyl halides is 1. The second-order valence-corrected chi connectivity index (χ2v) is 6.18. The molecule has 1 N–H and O–H groups in total. The molecule has 0 fully saturated rings. The van der Waals surface area contributed by atoms with Gasteiger partial charge in [0.25, 0.3) is 0 Å². The molecule has 90 valence electrons. The first-order chi connectivity index (χ1) is 7.70. The van der Waals surface area contributed by atoms with Crippen molar-refractivity contribution in [2.45, 2.75) is 48.5 Å². The summed E-state index contributed by atoms with van der Waals surface area (Å²) in [6.45, 7) is 0. The fraction of sp³-hybridized carbons (Fsp3) is 0.750. The number of hydrogen-bond acceptors (Lipinski definition) is 2. The van der Waals surface area contributed by atoms with Gasteiger partial charge in [0.05, 0.1) is 7.11 Å². The molecule has 3 nitrogen and oxygen atoms in total. The maximum absolute atomic E-state index is 11.2. The van der Waals surface area contributed by atoms with E-state index in [1.54, 1.807) is 11.1 Å². The van der Waals surface area contributed by atoms with Crippen molar-refractivity contribution >= 4 is 28.7 Å². The van der Waals surface area contributed by atoms with Crippen LogP contribution in [0.2, 0.25) is 0 Å². The summed E-state index contributed by atoms with van der Waals surface area (Å²) in [5.74, 6) is 0. The largest absolute Gasteiger partial charge is 0.453 e. The Morgan fingerprint density at radius 3 is 2.56 bits per heavy atom. The number of halogens is 1. The van der Waals surface area contributed by atoms with Crippen molar-refractivity contribution in [3.8, 4) is 0 Å². The van der Waals surface area contributed by atoms with Gasteiger partial charge in [-0.1, -0.05) is 33.7 Å². The van der Waals surface area contributed by atoms with E-state index < -0.39 is 0 Å². The van der Waals surface area contributed by atoms with Crippen LogP contribution in [0.1, 0.15) is 38.5 Å². The molecule has 0 aromatic carbocycles. The maximum atomic E-state index is 11.2. The Bertz CT molecular complexity index is 314. The van der Waals surface area contributed by atoms with Crippen LogP contribution in [-0.4, -0.2) is 23.2 Å². The standard InChI is InChI=1S/C12H18INO2/c1-16-12(15)14-11-7-9-5-3-2-4-8(9)6-10(11)13/h10-11H,2-7H2,1H3,(H,14,15)/t10-,11+/m0/s1. The second-order valence-electron chi connectivity index (χ2n) is 4.58. The van der Waals surface area contributed by atoms with Gasteiger partial charge in [-0.3, -0.25) is 0 Å². The van der Waals surface area contributed by atoms with E-state index >= 15 is 0 Å². The fourth-order valence-corrected chi connectivity index (χ4v) is 3.61. The van der Waals surface area contributed by atoms with Gasteiger partial charge in [-0.15, -0.1) is 0 Å². The van der Waals surface area contributed by atoms with Crippen LogP contribution in [0, 0.1) is 0 Å². The van der Waals surface area contributed by atoms with Crippen molar-refractivity contribution in [2.75, 3.05) is 7.11 Å². The zero-order chi connectivity index (χ0) is 11.5. The summed E-state index contributed by atoms with van der Waals surface area (Å²) in [5, 5.41) is 2.95.